The Balaban J connectivity index is 5.25. The lowest BCUT2D eigenvalue weighted by Crippen LogP contribution is -2.51. The third kappa shape index (κ3) is 1.71. The molecule has 0 aromatic heterocycles. The maximum Gasteiger partial charge on any atom is 0.409 e. The lowest BCUT2D eigenvalue weighted by molar-refractivity contribution is -0.158. The fourth-order valence-corrected chi connectivity index (χ4v) is 1.29. The summed E-state index contributed by atoms with van der Waals surface area (Å²) in [7, 11) is -4.60. The van der Waals surface area contributed by atoms with Crippen molar-refractivity contribution in [1.82, 2.24) is 0 Å². The van der Waals surface area contributed by atoms with E-state index in [1.807, 2.05) is 0 Å². The first-order valence-corrected chi connectivity index (χ1v) is 4.70. The van der Waals surface area contributed by atoms with Gasteiger partial charge in [0.25, 0.3) is 0 Å². The largest absolute Gasteiger partial charge is 0.409 e. The van der Waals surface area contributed by atoms with Crippen LogP contribution < -0.4 is 5.14 Å². The fraction of sp³-hybridized carbons (Fsp3) is 1.00. The summed E-state index contributed by atoms with van der Waals surface area (Å²) in [5.41, 5.74) is 0. The number of hydrogen-bond donors (Lipinski definition) is 1. The smallest absolute Gasteiger partial charge is 0.228 e. The first-order valence-electron chi connectivity index (χ1n) is 3.15. The van der Waals surface area contributed by atoms with Crippen LogP contribution in [0.3, 0.4) is 0 Å². The summed E-state index contributed by atoms with van der Waals surface area (Å²) in [6, 6.07) is 0. The highest BCUT2D eigenvalue weighted by Gasteiger charge is 2.57. The molecule has 0 radical (unpaired) electrons. The monoisotopic (exact) mass is 205 g/mol. The van der Waals surface area contributed by atoms with Crippen molar-refractivity contribution in [2.45, 2.75) is 31.2 Å². The molecule has 0 saturated carbocycles. The van der Waals surface area contributed by atoms with E-state index in [9.17, 15) is 21.6 Å². The quantitative estimate of drug-likeness (QED) is 0.731. The molecule has 0 aliphatic heterocycles. The van der Waals surface area contributed by atoms with Crippen LogP contribution >= 0.6 is 0 Å². The molecular weight excluding hydrogens is 195 g/mol. The molecule has 7 heteroatoms. The van der Waals surface area contributed by atoms with Crippen LogP contribution in [-0.2, 0) is 10.0 Å². The minimum atomic E-state index is -4.82. The van der Waals surface area contributed by atoms with Crippen LogP contribution in [0.5, 0.6) is 0 Å². The van der Waals surface area contributed by atoms with Crippen LogP contribution in [0, 0.1) is 0 Å². The standard InChI is InChI=1S/C5H10F3NO2S/c1-3-4(2,5(6,7)8)12(9,10)11/h3H2,1-2H3,(H2,9,10,11). The minimum Gasteiger partial charge on any atom is -0.228 e. The Bertz CT molecular complexity index is 258. The van der Waals surface area contributed by atoms with Crippen LogP contribution in [-0.4, -0.2) is 19.3 Å². The Morgan fingerprint density at radius 2 is 1.67 bits per heavy atom. The van der Waals surface area contributed by atoms with Gasteiger partial charge in [0.2, 0.25) is 10.0 Å². The fourth-order valence-electron chi connectivity index (χ4n) is 0.563. The molecule has 1 unspecified atom stereocenters. The summed E-state index contributed by atoms with van der Waals surface area (Å²) in [6.45, 7) is 1.69. The molecule has 0 fully saturated rings. The van der Waals surface area contributed by atoms with E-state index in [0.717, 1.165) is 6.92 Å². The van der Waals surface area contributed by atoms with E-state index in [1.165, 1.54) is 0 Å². The molecule has 74 valence electrons. The van der Waals surface area contributed by atoms with Crippen LogP contribution in [0.15, 0.2) is 0 Å². The predicted molar refractivity (Wildman–Crippen MR) is 37.9 cm³/mol. The van der Waals surface area contributed by atoms with Crippen LogP contribution in [0.1, 0.15) is 20.3 Å². The second-order valence-corrected chi connectivity index (χ2v) is 4.62. The molecule has 2 N–H and O–H groups in total. The highest BCUT2D eigenvalue weighted by Crippen LogP contribution is 2.37. The number of hydrogen-bond acceptors (Lipinski definition) is 2. The van der Waals surface area contributed by atoms with Crippen molar-refractivity contribution in [3.05, 3.63) is 0 Å². The Morgan fingerprint density at radius 3 is 1.67 bits per heavy atom. The lowest BCUT2D eigenvalue weighted by Gasteiger charge is -2.27. The lowest BCUT2D eigenvalue weighted by atomic mass is 10.1. The normalized spacial score (nSPS) is 18.8. The average Bonchev–Trinajstić information content (AvgIpc) is 1.81. The first-order chi connectivity index (χ1) is 5.06. The molecule has 0 aromatic rings. The number of alkyl halides is 3. The van der Waals surface area contributed by atoms with E-state index in [4.69, 9.17) is 0 Å². The van der Waals surface area contributed by atoms with Crippen molar-refractivity contribution < 1.29 is 21.6 Å². The Labute approximate surface area is 68.8 Å². The summed E-state index contributed by atoms with van der Waals surface area (Å²) < 4.78 is 54.8. The highest BCUT2D eigenvalue weighted by molar-refractivity contribution is 7.90. The zero-order valence-corrected chi connectivity index (χ0v) is 7.46. The van der Waals surface area contributed by atoms with Gasteiger partial charge in [0.05, 0.1) is 0 Å². The van der Waals surface area contributed by atoms with Crippen molar-refractivity contribution in [2.24, 2.45) is 5.14 Å². The molecule has 0 saturated heterocycles. The van der Waals surface area contributed by atoms with Crippen LogP contribution in [0.4, 0.5) is 13.2 Å². The molecule has 0 amide bonds. The summed E-state index contributed by atoms with van der Waals surface area (Å²) in [5.74, 6) is 0. The van der Waals surface area contributed by atoms with Crippen molar-refractivity contribution >= 4 is 10.0 Å². The molecule has 1 atom stereocenters. The van der Waals surface area contributed by atoms with Crippen molar-refractivity contribution in [2.75, 3.05) is 0 Å². The van der Waals surface area contributed by atoms with Crippen molar-refractivity contribution in [1.29, 1.82) is 0 Å². The summed E-state index contributed by atoms with van der Waals surface area (Å²) >= 11 is 0. The van der Waals surface area contributed by atoms with Gasteiger partial charge in [-0.2, -0.15) is 13.2 Å². The van der Waals surface area contributed by atoms with E-state index in [2.05, 4.69) is 5.14 Å². The number of sulfonamides is 1. The molecule has 0 heterocycles. The second-order valence-electron chi connectivity index (χ2n) is 2.63. The van der Waals surface area contributed by atoms with Crippen molar-refractivity contribution in [3.8, 4) is 0 Å². The van der Waals surface area contributed by atoms with Gasteiger partial charge in [-0.3, -0.25) is 0 Å². The summed E-state index contributed by atoms with van der Waals surface area (Å²) in [4.78, 5) is 0. The van der Waals surface area contributed by atoms with Gasteiger partial charge in [-0.05, 0) is 13.3 Å². The van der Waals surface area contributed by atoms with Gasteiger partial charge in [-0.1, -0.05) is 6.92 Å². The van der Waals surface area contributed by atoms with E-state index in [0.29, 0.717) is 6.92 Å². The van der Waals surface area contributed by atoms with Crippen molar-refractivity contribution in [3.63, 3.8) is 0 Å². The Hall–Kier alpha value is -0.300. The maximum absolute atomic E-state index is 12.1. The Morgan fingerprint density at radius 1 is 1.33 bits per heavy atom. The Kier molecular flexibility index (Phi) is 2.81. The molecule has 3 nitrogen and oxygen atoms in total. The number of nitrogens with two attached hydrogens (primary N) is 1. The molecule has 0 aliphatic rings. The van der Waals surface area contributed by atoms with E-state index in [-0.39, 0.29) is 0 Å². The van der Waals surface area contributed by atoms with E-state index in [1.54, 1.807) is 0 Å². The maximum atomic E-state index is 12.1. The molecule has 0 rings (SSSR count). The minimum absolute atomic E-state index is 0.572. The average molecular weight is 205 g/mol. The number of halogens is 3. The molecule has 12 heavy (non-hydrogen) atoms. The summed E-state index contributed by atoms with van der Waals surface area (Å²) in [6.07, 6.45) is -5.41. The molecule has 0 aromatic carbocycles. The third-order valence-corrected chi connectivity index (χ3v) is 3.68. The molecular formula is C5H10F3NO2S. The molecule has 0 bridgehead atoms. The summed E-state index contributed by atoms with van der Waals surface area (Å²) in [5, 5.41) is 4.46. The van der Waals surface area contributed by atoms with Gasteiger partial charge in [-0.15, -0.1) is 0 Å². The van der Waals surface area contributed by atoms with Crippen LogP contribution in [0.2, 0.25) is 0 Å². The molecule has 0 aliphatic carbocycles. The molecule has 0 spiro atoms. The zero-order valence-electron chi connectivity index (χ0n) is 6.64. The number of primary sulfonamides is 1. The highest BCUT2D eigenvalue weighted by atomic mass is 32.2. The number of rotatable bonds is 2. The predicted octanol–water partition coefficient (Wildman–Crippen LogP) is 1.01. The van der Waals surface area contributed by atoms with Gasteiger partial charge in [0, 0.05) is 0 Å². The second kappa shape index (κ2) is 2.88. The van der Waals surface area contributed by atoms with Gasteiger partial charge >= 0.3 is 6.18 Å². The zero-order chi connectivity index (χ0) is 10.2. The SMILES string of the molecule is CCC(C)(C(F)(F)F)S(N)(=O)=O. The van der Waals surface area contributed by atoms with Gasteiger partial charge < -0.3 is 0 Å². The first kappa shape index (κ1) is 11.7. The van der Waals surface area contributed by atoms with Gasteiger partial charge in [0.15, 0.2) is 4.75 Å². The van der Waals surface area contributed by atoms with Gasteiger partial charge in [-0.25, -0.2) is 13.6 Å². The third-order valence-electron chi connectivity index (χ3n) is 1.90. The van der Waals surface area contributed by atoms with Crippen LogP contribution in [0.25, 0.3) is 0 Å². The van der Waals surface area contributed by atoms with E-state index < -0.39 is 27.4 Å². The van der Waals surface area contributed by atoms with Gasteiger partial charge in [0.1, 0.15) is 0 Å². The van der Waals surface area contributed by atoms with E-state index >= 15 is 0 Å². The topological polar surface area (TPSA) is 60.2 Å².